The molecule has 0 unspecified atom stereocenters. The third kappa shape index (κ3) is 4.01. The summed E-state index contributed by atoms with van der Waals surface area (Å²) in [6, 6.07) is 0. The standard InChI is InChI=1S/C10H18N6S.HI/c1-2-16-9(13-8-14-16)7-12-10(11)15-3-5-17-6-4-15;/h8H,2-7H2,1H3,(H2,11,12);1H. The summed E-state index contributed by atoms with van der Waals surface area (Å²) in [7, 11) is 0. The minimum atomic E-state index is 0. The Morgan fingerprint density at radius 2 is 2.22 bits per heavy atom. The van der Waals surface area contributed by atoms with E-state index in [9.17, 15) is 0 Å². The molecule has 0 amide bonds. The van der Waals surface area contributed by atoms with Gasteiger partial charge in [-0.15, -0.1) is 24.0 Å². The summed E-state index contributed by atoms with van der Waals surface area (Å²) < 4.78 is 1.84. The van der Waals surface area contributed by atoms with Crippen LogP contribution >= 0.6 is 35.7 Å². The molecule has 2 N–H and O–H groups in total. The van der Waals surface area contributed by atoms with Crippen LogP contribution in [-0.4, -0.2) is 50.2 Å². The fourth-order valence-electron chi connectivity index (χ4n) is 1.72. The van der Waals surface area contributed by atoms with Gasteiger partial charge in [0.25, 0.3) is 0 Å². The first kappa shape index (κ1) is 15.5. The highest BCUT2D eigenvalue weighted by atomic mass is 127. The molecule has 18 heavy (non-hydrogen) atoms. The highest BCUT2D eigenvalue weighted by molar-refractivity contribution is 14.0. The SMILES string of the molecule is CCn1ncnc1CN=C(N)N1CCSCC1.I. The molecule has 1 aliphatic heterocycles. The molecule has 1 aromatic rings. The molecule has 0 radical (unpaired) electrons. The van der Waals surface area contributed by atoms with Crippen LogP contribution in [0, 0.1) is 0 Å². The number of rotatable bonds is 3. The third-order valence-electron chi connectivity index (χ3n) is 2.71. The van der Waals surface area contributed by atoms with Crippen molar-refractivity contribution in [2.45, 2.75) is 20.0 Å². The lowest BCUT2D eigenvalue weighted by atomic mass is 10.5. The van der Waals surface area contributed by atoms with Crippen molar-refractivity contribution in [1.82, 2.24) is 19.7 Å². The Bertz CT molecular complexity index is 387. The van der Waals surface area contributed by atoms with Crippen LogP contribution in [0.25, 0.3) is 0 Å². The van der Waals surface area contributed by atoms with E-state index in [0.717, 1.165) is 37.0 Å². The number of guanidine groups is 1. The Kier molecular flexibility index (Phi) is 6.76. The molecule has 2 rings (SSSR count). The van der Waals surface area contributed by atoms with Gasteiger partial charge >= 0.3 is 0 Å². The van der Waals surface area contributed by atoms with Crippen LogP contribution in [0.2, 0.25) is 0 Å². The van der Waals surface area contributed by atoms with Gasteiger partial charge in [-0.05, 0) is 6.92 Å². The van der Waals surface area contributed by atoms with Gasteiger partial charge in [0.2, 0.25) is 0 Å². The molecular formula is C10H19IN6S. The Morgan fingerprint density at radius 1 is 1.50 bits per heavy atom. The first-order valence-electron chi connectivity index (χ1n) is 5.80. The molecular weight excluding hydrogens is 363 g/mol. The molecule has 0 spiro atoms. The molecule has 0 saturated carbocycles. The van der Waals surface area contributed by atoms with E-state index in [2.05, 4.69) is 20.0 Å². The number of aromatic nitrogens is 3. The van der Waals surface area contributed by atoms with Crippen LogP contribution in [0.15, 0.2) is 11.3 Å². The average Bonchev–Trinajstić information content (AvgIpc) is 2.84. The van der Waals surface area contributed by atoms with Crippen molar-refractivity contribution in [3.63, 3.8) is 0 Å². The summed E-state index contributed by atoms with van der Waals surface area (Å²) in [6.07, 6.45) is 1.56. The number of nitrogens with zero attached hydrogens (tertiary/aromatic N) is 5. The zero-order chi connectivity index (χ0) is 12.1. The second-order valence-electron chi connectivity index (χ2n) is 3.77. The number of hydrogen-bond donors (Lipinski definition) is 1. The van der Waals surface area contributed by atoms with Gasteiger partial charge in [0, 0.05) is 31.1 Å². The Labute approximate surface area is 128 Å². The lowest BCUT2D eigenvalue weighted by Crippen LogP contribution is -2.42. The maximum absolute atomic E-state index is 5.97. The number of thioether (sulfide) groups is 1. The minimum Gasteiger partial charge on any atom is -0.370 e. The van der Waals surface area contributed by atoms with Gasteiger partial charge in [-0.1, -0.05) is 0 Å². The topological polar surface area (TPSA) is 72.3 Å². The quantitative estimate of drug-likeness (QED) is 0.475. The Balaban J connectivity index is 0.00000162. The van der Waals surface area contributed by atoms with Crippen LogP contribution in [0.3, 0.4) is 0 Å². The Hall–Kier alpha value is -0.510. The lowest BCUT2D eigenvalue weighted by Gasteiger charge is -2.27. The third-order valence-corrected chi connectivity index (χ3v) is 3.66. The van der Waals surface area contributed by atoms with Gasteiger partial charge in [0.15, 0.2) is 5.96 Å². The zero-order valence-corrected chi connectivity index (χ0v) is 13.6. The summed E-state index contributed by atoms with van der Waals surface area (Å²) in [6.45, 7) is 5.32. The molecule has 6 nitrogen and oxygen atoms in total. The molecule has 0 aromatic carbocycles. The van der Waals surface area contributed by atoms with Crippen molar-refractivity contribution in [3.8, 4) is 0 Å². The van der Waals surface area contributed by atoms with Gasteiger partial charge in [0.1, 0.15) is 18.7 Å². The molecule has 1 fully saturated rings. The van der Waals surface area contributed by atoms with Crippen molar-refractivity contribution in [2.75, 3.05) is 24.6 Å². The second-order valence-corrected chi connectivity index (χ2v) is 4.99. The summed E-state index contributed by atoms with van der Waals surface area (Å²) in [5.74, 6) is 3.74. The van der Waals surface area contributed by atoms with Gasteiger partial charge in [-0.2, -0.15) is 16.9 Å². The minimum absolute atomic E-state index is 0. The van der Waals surface area contributed by atoms with Gasteiger partial charge in [0.05, 0.1) is 0 Å². The fraction of sp³-hybridized carbons (Fsp3) is 0.700. The molecule has 1 aliphatic rings. The zero-order valence-electron chi connectivity index (χ0n) is 10.4. The molecule has 102 valence electrons. The summed E-state index contributed by atoms with van der Waals surface area (Å²) in [5, 5.41) is 4.10. The van der Waals surface area contributed by atoms with E-state index in [1.54, 1.807) is 6.33 Å². The number of nitrogens with two attached hydrogens (primary N) is 1. The predicted octanol–water partition coefficient (Wildman–Crippen LogP) is 0.780. The number of halogens is 1. The van der Waals surface area contributed by atoms with E-state index in [1.165, 1.54) is 0 Å². The number of aryl methyl sites for hydroxylation is 1. The molecule has 8 heteroatoms. The molecule has 1 aromatic heterocycles. The van der Waals surface area contributed by atoms with E-state index in [4.69, 9.17) is 5.73 Å². The van der Waals surface area contributed by atoms with Gasteiger partial charge in [-0.25, -0.2) is 14.7 Å². The number of hydrogen-bond acceptors (Lipinski definition) is 4. The summed E-state index contributed by atoms with van der Waals surface area (Å²) in [5.41, 5.74) is 5.97. The highest BCUT2D eigenvalue weighted by Gasteiger charge is 2.12. The number of aliphatic imine (C=N–C) groups is 1. The van der Waals surface area contributed by atoms with Crippen LogP contribution in [-0.2, 0) is 13.1 Å². The first-order chi connectivity index (χ1) is 8.31. The molecule has 0 atom stereocenters. The maximum Gasteiger partial charge on any atom is 0.191 e. The van der Waals surface area contributed by atoms with Crippen LogP contribution in [0.4, 0.5) is 0 Å². The van der Waals surface area contributed by atoms with E-state index in [1.807, 2.05) is 23.4 Å². The van der Waals surface area contributed by atoms with Gasteiger partial charge in [-0.3, -0.25) is 0 Å². The van der Waals surface area contributed by atoms with E-state index < -0.39 is 0 Å². The molecule has 2 heterocycles. The maximum atomic E-state index is 5.97. The fourth-order valence-corrected chi connectivity index (χ4v) is 2.62. The van der Waals surface area contributed by atoms with E-state index in [0.29, 0.717) is 12.5 Å². The highest BCUT2D eigenvalue weighted by Crippen LogP contribution is 2.08. The van der Waals surface area contributed by atoms with Crippen LogP contribution in [0.5, 0.6) is 0 Å². The molecule has 0 bridgehead atoms. The van der Waals surface area contributed by atoms with Crippen molar-refractivity contribution in [1.29, 1.82) is 0 Å². The van der Waals surface area contributed by atoms with Crippen molar-refractivity contribution in [3.05, 3.63) is 12.2 Å². The monoisotopic (exact) mass is 382 g/mol. The lowest BCUT2D eigenvalue weighted by molar-refractivity contribution is 0.455. The second kappa shape index (κ2) is 7.82. The summed E-state index contributed by atoms with van der Waals surface area (Å²) in [4.78, 5) is 10.7. The van der Waals surface area contributed by atoms with E-state index in [-0.39, 0.29) is 24.0 Å². The molecule has 0 aliphatic carbocycles. The summed E-state index contributed by atoms with van der Waals surface area (Å²) >= 11 is 1.96. The normalized spacial score (nSPS) is 16.5. The molecule has 1 saturated heterocycles. The predicted molar refractivity (Wildman–Crippen MR) is 85.3 cm³/mol. The van der Waals surface area contributed by atoms with Crippen molar-refractivity contribution in [2.24, 2.45) is 10.7 Å². The van der Waals surface area contributed by atoms with E-state index >= 15 is 0 Å². The van der Waals surface area contributed by atoms with Gasteiger partial charge < -0.3 is 10.6 Å². The van der Waals surface area contributed by atoms with Crippen LogP contribution < -0.4 is 5.73 Å². The first-order valence-corrected chi connectivity index (χ1v) is 6.96. The van der Waals surface area contributed by atoms with Crippen molar-refractivity contribution >= 4 is 41.7 Å². The van der Waals surface area contributed by atoms with Crippen LogP contribution in [0.1, 0.15) is 12.7 Å². The average molecular weight is 382 g/mol. The Morgan fingerprint density at radius 3 is 2.89 bits per heavy atom. The van der Waals surface area contributed by atoms with Crippen molar-refractivity contribution < 1.29 is 0 Å². The smallest absolute Gasteiger partial charge is 0.191 e. The largest absolute Gasteiger partial charge is 0.370 e.